The van der Waals surface area contributed by atoms with E-state index in [1.807, 2.05) is 11.3 Å². The highest BCUT2D eigenvalue weighted by Crippen LogP contribution is 2.46. The molecule has 0 amide bonds. The van der Waals surface area contributed by atoms with Crippen LogP contribution in [0.3, 0.4) is 0 Å². The lowest BCUT2D eigenvalue weighted by Crippen LogP contribution is -2.30. The summed E-state index contributed by atoms with van der Waals surface area (Å²) < 4.78 is 2.65. The van der Waals surface area contributed by atoms with E-state index in [1.54, 1.807) is 0 Å². The van der Waals surface area contributed by atoms with Gasteiger partial charge in [0, 0.05) is 37.2 Å². The summed E-state index contributed by atoms with van der Waals surface area (Å²) in [5, 5.41) is 2.65. The van der Waals surface area contributed by atoms with E-state index in [4.69, 9.17) is 0 Å². The first-order valence-electron chi connectivity index (χ1n) is 19.5. The fourth-order valence-electron chi connectivity index (χ4n) is 8.61. The first-order chi connectivity index (χ1) is 28.3. The fraction of sp³-hybridized carbons (Fsp3) is 0.0182. The van der Waals surface area contributed by atoms with Crippen LogP contribution in [0.4, 0.5) is 17.1 Å². The summed E-state index contributed by atoms with van der Waals surface area (Å²) >= 11 is 1.86. The van der Waals surface area contributed by atoms with Crippen LogP contribution in [0.15, 0.2) is 237 Å². The van der Waals surface area contributed by atoms with Gasteiger partial charge in [0.1, 0.15) is 0 Å². The largest absolute Gasteiger partial charge is 0.311 e. The third-order valence-electron chi connectivity index (χ3n) is 11.3. The van der Waals surface area contributed by atoms with Gasteiger partial charge in [-0.3, -0.25) is 0 Å². The van der Waals surface area contributed by atoms with E-state index in [9.17, 15) is 0 Å². The Bertz CT molecular complexity index is 2800. The molecule has 0 aliphatic rings. The van der Waals surface area contributed by atoms with Crippen molar-refractivity contribution in [1.29, 1.82) is 0 Å². The van der Waals surface area contributed by atoms with E-state index in [0.717, 1.165) is 17.1 Å². The molecule has 2 heteroatoms. The van der Waals surface area contributed by atoms with Crippen LogP contribution in [-0.4, -0.2) is 0 Å². The number of rotatable bonds is 9. The molecule has 0 unspecified atom stereocenters. The first-order valence-corrected chi connectivity index (χ1v) is 20.3. The Morgan fingerprint density at radius 1 is 0.298 bits per heavy atom. The molecule has 57 heavy (non-hydrogen) atoms. The SMILES string of the molecule is c1ccc(N(c2ccc(-c3ccc(C(c4ccccc4)(c4ccccc4)c4ccccc4)cc3)cc2)c2ccc(-c3cccc4sc5ccccc5c34)cc2)cc1. The standard InChI is InChI=1S/C55H39NS/c1-5-16-43(17-6-1)55(44-18-7-2-8-19-44,45-20-9-3-10-21-45)46-34-28-40(29-35-46)41-30-36-48(37-31-41)56(47-22-11-4-12-23-47)49-38-32-42(33-39-49)50-25-15-27-53-54(50)51-24-13-14-26-52(51)57-53/h1-39H. The molecular weight excluding hydrogens is 707 g/mol. The van der Waals surface area contributed by atoms with Crippen molar-refractivity contribution in [2.75, 3.05) is 4.90 Å². The Labute approximate surface area is 338 Å². The fourth-order valence-corrected chi connectivity index (χ4v) is 9.74. The molecule has 270 valence electrons. The second-order valence-electron chi connectivity index (χ2n) is 14.5. The molecule has 0 bridgehead atoms. The Morgan fingerprint density at radius 2 is 0.702 bits per heavy atom. The predicted molar refractivity (Wildman–Crippen MR) is 243 cm³/mol. The average molecular weight is 746 g/mol. The van der Waals surface area contributed by atoms with Crippen LogP contribution >= 0.6 is 11.3 Å². The molecule has 10 aromatic rings. The maximum absolute atomic E-state index is 2.34. The zero-order valence-electron chi connectivity index (χ0n) is 31.4. The highest BCUT2D eigenvalue weighted by atomic mass is 32.1. The molecule has 0 saturated heterocycles. The molecule has 0 spiro atoms. The minimum atomic E-state index is -0.470. The van der Waals surface area contributed by atoms with Gasteiger partial charge >= 0.3 is 0 Å². The lowest BCUT2D eigenvalue weighted by Gasteiger charge is -2.37. The van der Waals surface area contributed by atoms with Crippen molar-refractivity contribution in [2.45, 2.75) is 5.41 Å². The molecule has 0 radical (unpaired) electrons. The molecule has 10 rings (SSSR count). The minimum Gasteiger partial charge on any atom is -0.311 e. The molecule has 0 N–H and O–H groups in total. The summed E-state index contributed by atoms with van der Waals surface area (Å²) in [6.45, 7) is 0. The number of benzene rings is 9. The summed E-state index contributed by atoms with van der Waals surface area (Å²) in [6, 6.07) is 85.9. The van der Waals surface area contributed by atoms with Gasteiger partial charge in [-0.05, 0) is 93.0 Å². The maximum atomic E-state index is 2.34. The van der Waals surface area contributed by atoms with Crippen LogP contribution in [0.2, 0.25) is 0 Å². The molecule has 0 aliphatic carbocycles. The van der Waals surface area contributed by atoms with Crippen molar-refractivity contribution in [2.24, 2.45) is 0 Å². The zero-order chi connectivity index (χ0) is 38.0. The van der Waals surface area contributed by atoms with Crippen molar-refractivity contribution in [3.63, 3.8) is 0 Å². The van der Waals surface area contributed by atoms with Gasteiger partial charge in [0.2, 0.25) is 0 Å². The molecule has 1 aromatic heterocycles. The predicted octanol–water partition coefficient (Wildman–Crippen LogP) is 15.2. The van der Waals surface area contributed by atoms with E-state index < -0.39 is 5.41 Å². The molecule has 1 heterocycles. The topological polar surface area (TPSA) is 3.24 Å². The summed E-state index contributed by atoms with van der Waals surface area (Å²) in [4.78, 5) is 2.34. The second kappa shape index (κ2) is 14.9. The third-order valence-corrected chi connectivity index (χ3v) is 12.4. The summed E-state index contributed by atoms with van der Waals surface area (Å²) in [5.41, 5.74) is 12.7. The molecule has 0 aliphatic heterocycles. The number of thiophene rings is 1. The zero-order valence-corrected chi connectivity index (χ0v) is 32.2. The van der Waals surface area contributed by atoms with Crippen molar-refractivity contribution in [1.82, 2.24) is 0 Å². The van der Waals surface area contributed by atoms with Crippen LogP contribution in [-0.2, 0) is 5.41 Å². The number of nitrogens with zero attached hydrogens (tertiary/aromatic N) is 1. The summed E-state index contributed by atoms with van der Waals surface area (Å²) in [6.07, 6.45) is 0. The average Bonchev–Trinajstić information content (AvgIpc) is 3.68. The smallest absolute Gasteiger partial charge is 0.0701 e. The van der Waals surface area contributed by atoms with Gasteiger partial charge in [-0.2, -0.15) is 0 Å². The Balaban J connectivity index is 1.00. The molecule has 9 aromatic carbocycles. The van der Waals surface area contributed by atoms with Gasteiger partial charge in [-0.15, -0.1) is 11.3 Å². The Kier molecular flexibility index (Phi) is 9.02. The Hall–Kier alpha value is -7.00. The lowest BCUT2D eigenvalue weighted by atomic mass is 9.65. The lowest BCUT2D eigenvalue weighted by molar-refractivity contribution is 0.745. The second-order valence-corrected chi connectivity index (χ2v) is 15.6. The van der Waals surface area contributed by atoms with Crippen LogP contribution in [0.5, 0.6) is 0 Å². The number of anilines is 3. The van der Waals surface area contributed by atoms with Crippen molar-refractivity contribution in [3.8, 4) is 22.3 Å². The van der Waals surface area contributed by atoms with E-state index >= 15 is 0 Å². The normalized spacial score (nSPS) is 11.5. The monoisotopic (exact) mass is 745 g/mol. The number of hydrogen-bond acceptors (Lipinski definition) is 2. The molecular formula is C55H39NS. The van der Waals surface area contributed by atoms with Crippen molar-refractivity contribution >= 4 is 48.6 Å². The molecule has 0 saturated carbocycles. The van der Waals surface area contributed by atoms with Gasteiger partial charge < -0.3 is 4.90 Å². The van der Waals surface area contributed by atoms with Crippen molar-refractivity contribution in [3.05, 3.63) is 259 Å². The molecule has 0 fully saturated rings. The van der Waals surface area contributed by atoms with Crippen LogP contribution in [0, 0.1) is 0 Å². The number of fused-ring (bicyclic) bond motifs is 3. The van der Waals surface area contributed by atoms with Gasteiger partial charge in [-0.1, -0.05) is 188 Å². The van der Waals surface area contributed by atoms with E-state index in [1.165, 1.54) is 64.7 Å². The minimum absolute atomic E-state index is 0.470. The van der Waals surface area contributed by atoms with Gasteiger partial charge in [0.15, 0.2) is 0 Å². The Morgan fingerprint density at radius 3 is 1.25 bits per heavy atom. The maximum Gasteiger partial charge on any atom is 0.0701 e. The highest BCUT2D eigenvalue weighted by Gasteiger charge is 2.38. The van der Waals surface area contributed by atoms with Gasteiger partial charge in [-0.25, -0.2) is 0 Å². The molecule has 1 nitrogen and oxygen atoms in total. The van der Waals surface area contributed by atoms with Crippen LogP contribution in [0.25, 0.3) is 42.4 Å². The first kappa shape index (κ1) is 34.5. The van der Waals surface area contributed by atoms with Crippen molar-refractivity contribution < 1.29 is 0 Å². The highest BCUT2D eigenvalue weighted by molar-refractivity contribution is 7.25. The summed E-state index contributed by atoms with van der Waals surface area (Å²) in [5.74, 6) is 0. The van der Waals surface area contributed by atoms with E-state index in [-0.39, 0.29) is 0 Å². The third kappa shape index (κ3) is 6.21. The number of hydrogen-bond donors (Lipinski definition) is 0. The van der Waals surface area contributed by atoms with Crippen LogP contribution < -0.4 is 4.90 Å². The molecule has 0 atom stereocenters. The van der Waals surface area contributed by atoms with E-state index in [0.29, 0.717) is 0 Å². The quantitative estimate of drug-likeness (QED) is 0.133. The van der Waals surface area contributed by atoms with Gasteiger partial charge in [0.25, 0.3) is 0 Å². The van der Waals surface area contributed by atoms with E-state index in [2.05, 4.69) is 241 Å². The van der Waals surface area contributed by atoms with Crippen LogP contribution in [0.1, 0.15) is 22.3 Å². The number of para-hydroxylation sites is 1. The summed E-state index contributed by atoms with van der Waals surface area (Å²) in [7, 11) is 0. The van der Waals surface area contributed by atoms with Gasteiger partial charge in [0.05, 0.1) is 5.41 Å².